The fourth-order valence-electron chi connectivity index (χ4n) is 3.70. The third kappa shape index (κ3) is 5.83. The molecule has 2 aromatic carbocycles. The molecule has 2 atom stereocenters. The maximum atomic E-state index is 11.9. The van der Waals surface area contributed by atoms with Gasteiger partial charge in [0.15, 0.2) is 5.96 Å². The number of hydrogen-bond acceptors (Lipinski definition) is 2. The van der Waals surface area contributed by atoms with Gasteiger partial charge in [0.2, 0.25) is 5.91 Å². The summed E-state index contributed by atoms with van der Waals surface area (Å²) in [5.41, 5.74) is 3.67. The fraction of sp³-hybridized carbons (Fsp3) is 0.417. The van der Waals surface area contributed by atoms with E-state index in [0.717, 1.165) is 18.9 Å². The van der Waals surface area contributed by atoms with Crippen molar-refractivity contribution in [1.82, 2.24) is 15.5 Å². The Balaban J connectivity index is 1.54. The van der Waals surface area contributed by atoms with Crippen molar-refractivity contribution < 1.29 is 4.79 Å². The number of benzene rings is 2. The van der Waals surface area contributed by atoms with Crippen LogP contribution >= 0.6 is 0 Å². The van der Waals surface area contributed by atoms with Crippen molar-refractivity contribution in [3.8, 4) is 0 Å². The molecule has 2 N–H and O–H groups in total. The maximum absolute atomic E-state index is 11.9. The molecule has 2 unspecified atom stereocenters. The molecule has 0 saturated carbocycles. The lowest BCUT2D eigenvalue weighted by atomic mass is 9.94. The van der Waals surface area contributed by atoms with Gasteiger partial charge < -0.3 is 15.5 Å². The molecule has 5 heteroatoms. The van der Waals surface area contributed by atoms with Crippen LogP contribution in [0, 0.1) is 0 Å². The van der Waals surface area contributed by atoms with E-state index in [4.69, 9.17) is 0 Å². The molecule has 3 rings (SSSR count). The van der Waals surface area contributed by atoms with Crippen LogP contribution in [0.2, 0.25) is 0 Å². The van der Waals surface area contributed by atoms with Crippen LogP contribution in [0.1, 0.15) is 49.3 Å². The second-order valence-corrected chi connectivity index (χ2v) is 7.80. The predicted molar refractivity (Wildman–Crippen MR) is 119 cm³/mol. The first-order chi connectivity index (χ1) is 14.1. The monoisotopic (exact) mass is 392 g/mol. The normalized spacial score (nSPS) is 16.6. The van der Waals surface area contributed by atoms with Crippen molar-refractivity contribution in [2.45, 2.75) is 51.7 Å². The summed E-state index contributed by atoms with van der Waals surface area (Å²) in [6.07, 6.45) is 1.66. The quantitative estimate of drug-likeness (QED) is 0.558. The van der Waals surface area contributed by atoms with Crippen molar-refractivity contribution in [3.63, 3.8) is 0 Å². The maximum Gasteiger partial charge on any atom is 0.222 e. The first-order valence-corrected chi connectivity index (χ1v) is 10.4. The molecule has 0 bridgehead atoms. The third-order valence-corrected chi connectivity index (χ3v) is 5.66. The van der Waals surface area contributed by atoms with Gasteiger partial charge in [0.1, 0.15) is 0 Å². The van der Waals surface area contributed by atoms with Crippen LogP contribution < -0.4 is 10.6 Å². The molecule has 1 fully saturated rings. The average Bonchev–Trinajstić information content (AvgIpc) is 3.15. The number of hydrogen-bond donors (Lipinski definition) is 2. The van der Waals surface area contributed by atoms with Gasteiger partial charge in [0.05, 0.1) is 0 Å². The minimum atomic E-state index is 0.246. The first-order valence-electron chi connectivity index (χ1n) is 10.4. The van der Waals surface area contributed by atoms with Crippen molar-refractivity contribution in [1.29, 1.82) is 0 Å². The zero-order valence-corrected chi connectivity index (χ0v) is 17.7. The van der Waals surface area contributed by atoms with Crippen molar-refractivity contribution in [2.75, 3.05) is 13.6 Å². The molecule has 1 heterocycles. The Bertz CT molecular complexity index is 834. The van der Waals surface area contributed by atoms with Gasteiger partial charge in [-0.25, -0.2) is 0 Å². The van der Waals surface area contributed by atoms with Crippen LogP contribution in [0.5, 0.6) is 0 Å². The molecule has 29 heavy (non-hydrogen) atoms. The van der Waals surface area contributed by atoms with Gasteiger partial charge in [-0.15, -0.1) is 0 Å². The highest BCUT2D eigenvalue weighted by Crippen LogP contribution is 2.18. The van der Waals surface area contributed by atoms with E-state index in [-0.39, 0.29) is 11.9 Å². The van der Waals surface area contributed by atoms with Crippen LogP contribution in [-0.2, 0) is 17.9 Å². The van der Waals surface area contributed by atoms with E-state index in [1.807, 2.05) is 11.0 Å². The van der Waals surface area contributed by atoms with Gasteiger partial charge in [-0.3, -0.25) is 9.79 Å². The first kappa shape index (κ1) is 20.9. The summed E-state index contributed by atoms with van der Waals surface area (Å²) in [5.74, 6) is 1.43. The van der Waals surface area contributed by atoms with Gasteiger partial charge in [-0.05, 0) is 30.0 Å². The largest absolute Gasteiger partial charge is 0.353 e. The lowest BCUT2D eigenvalue weighted by molar-refractivity contribution is -0.128. The van der Waals surface area contributed by atoms with Crippen LogP contribution in [0.3, 0.4) is 0 Å². The molecule has 1 saturated heterocycles. The molecule has 1 amide bonds. The number of amides is 1. The van der Waals surface area contributed by atoms with E-state index >= 15 is 0 Å². The zero-order valence-electron chi connectivity index (χ0n) is 17.7. The number of nitrogens with zero attached hydrogens (tertiary/aromatic N) is 2. The second kappa shape index (κ2) is 10.1. The molecular weight excluding hydrogens is 360 g/mol. The van der Waals surface area contributed by atoms with Gasteiger partial charge in [0.25, 0.3) is 0 Å². The second-order valence-electron chi connectivity index (χ2n) is 7.80. The zero-order chi connectivity index (χ0) is 20.6. The minimum absolute atomic E-state index is 0.246. The number of aliphatic imine (C=N–C) groups is 1. The summed E-state index contributed by atoms with van der Waals surface area (Å²) in [7, 11) is 1.80. The van der Waals surface area contributed by atoms with Gasteiger partial charge in [-0.1, -0.05) is 61.5 Å². The fourth-order valence-corrected chi connectivity index (χ4v) is 3.70. The highest BCUT2D eigenvalue weighted by molar-refractivity contribution is 5.80. The smallest absolute Gasteiger partial charge is 0.222 e. The van der Waals surface area contributed by atoms with Gasteiger partial charge >= 0.3 is 0 Å². The summed E-state index contributed by atoms with van der Waals surface area (Å²) in [6.45, 7) is 6.66. The number of rotatable bonds is 7. The standard InChI is InChI=1S/C24H32N4O/c1-18(22-11-5-4-6-12-22)19(2)27-24(25-3)26-16-20-9-7-10-21(15-20)17-28-14-8-13-23(28)29/h4-7,9-12,15,18-19H,8,13-14,16-17H2,1-3H3,(H2,25,26,27). The Hall–Kier alpha value is -2.82. The highest BCUT2D eigenvalue weighted by Gasteiger charge is 2.20. The summed E-state index contributed by atoms with van der Waals surface area (Å²) in [4.78, 5) is 18.2. The Morgan fingerprint density at radius 1 is 1.10 bits per heavy atom. The molecular formula is C24H32N4O. The number of carbonyl (C=O) groups excluding carboxylic acids is 1. The van der Waals surface area contributed by atoms with E-state index in [0.29, 0.717) is 25.4 Å². The van der Waals surface area contributed by atoms with Crippen LogP contribution in [0.4, 0.5) is 0 Å². The molecule has 0 spiro atoms. The summed E-state index contributed by atoms with van der Waals surface area (Å²) in [6, 6.07) is 19.2. The van der Waals surface area contributed by atoms with Crippen molar-refractivity contribution in [3.05, 3.63) is 71.3 Å². The number of likely N-dealkylation sites (tertiary alicyclic amines) is 1. The van der Waals surface area contributed by atoms with Gasteiger partial charge in [-0.2, -0.15) is 0 Å². The van der Waals surface area contributed by atoms with Crippen LogP contribution in [0.25, 0.3) is 0 Å². The third-order valence-electron chi connectivity index (χ3n) is 5.66. The Kier molecular flexibility index (Phi) is 7.28. The average molecular weight is 393 g/mol. The Morgan fingerprint density at radius 3 is 2.55 bits per heavy atom. The molecule has 2 aromatic rings. The molecule has 0 radical (unpaired) electrons. The van der Waals surface area contributed by atoms with Crippen molar-refractivity contribution in [2.24, 2.45) is 4.99 Å². The lowest BCUT2D eigenvalue weighted by Crippen LogP contribution is -2.43. The highest BCUT2D eigenvalue weighted by atomic mass is 16.2. The number of carbonyl (C=O) groups is 1. The molecule has 1 aliphatic heterocycles. The van der Waals surface area contributed by atoms with E-state index in [1.54, 1.807) is 7.05 Å². The molecule has 154 valence electrons. The predicted octanol–water partition coefficient (Wildman–Crippen LogP) is 3.67. The summed E-state index contributed by atoms with van der Waals surface area (Å²) in [5, 5.41) is 6.91. The Morgan fingerprint density at radius 2 is 1.86 bits per heavy atom. The molecule has 1 aliphatic rings. The van der Waals surface area contributed by atoms with E-state index in [1.165, 1.54) is 16.7 Å². The summed E-state index contributed by atoms with van der Waals surface area (Å²) >= 11 is 0. The van der Waals surface area contributed by atoms with E-state index in [9.17, 15) is 4.79 Å². The molecule has 0 aromatic heterocycles. The van der Waals surface area contributed by atoms with E-state index in [2.05, 4.69) is 78.0 Å². The van der Waals surface area contributed by atoms with Crippen LogP contribution in [-0.4, -0.2) is 36.4 Å². The summed E-state index contributed by atoms with van der Waals surface area (Å²) < 4.78 is 0. The molecule has 5 nitrogen and oxygen atoms in total. The molecule has 0 aliphatic carbocycles. The lowest BCUT2D eigenvalue weighted by Gasteiger charge is -2.24. The Labute approximate surface area is 174 Å². The topological polar surface area (TPSA) is 56.7 Å². The SMILES string of the molecule is CN=C(NCc1cccc(CN2CCCC2=O)c1)NC(C)C(C)c1ccccc1. The van der Waals surface area contributed by atoms with Crippen LogP contribution in [0.15, 0.2) is 59.6 Å². The number of guanidine groups is 1. The minimum Gasteiger partial charge on any atom is -0.353 e. The van der Waals surface area contributed by atoms with Crippen molar-refractivity contribution >= 4 is 11.9 Å². The number of nitrogens with one attached hydrogen (secondary N) is 2. The van der Waals surface area contributed by atoms with E-state index < -0.39 is 0 Å². The van der Waals surface area contributed by atoms with Gasteiger partial charge in [0, 0.05) is 45.1 Å².